The van der Waals surface area contributed by atoms with Gasteiger partial charge < -0.3 is 4.42 Å². The van der Waals surface area contributed by atoms with E-state index in [-0.39, 0.29) is 0 Å². The molecule has 0 unspecified atom stereocenters. The second-order valence-corrected chi connectivity index (χ2v) is 14.0. The third-order valence-electron chi connectivity index (χ3n) is 10.7. The summed E-state index contributed by atoms with van der Waals surface area (Å²) in [6, 6.07) is 65.8. The summed E-state index contributed by atoms with van der Waals surface area (Å²) >= 11 is 0. The maximum Gasteiger partial charge on any atom is 0.164 e. The van der Waals surface area contributed by atoms with E-state index >= 15 is 0 Å². The highest BCUT2D eigenvalue weighted by atomic mass is 16.3. The van der Waals surface area contributed by atoms with Gasteiger partial charge in [0, 0.05) is 32.8 Å². The van der Waals surface area contributed by atoms with E-state index in [9.17, 15) is 0 Å². The van der Waals surface area contributed by atoms with Crippen molar-refractivity contribution in [3.8, 4) is 56.4 Å². The summed E-state index contributed by atoms with van der Waals surface area (Å²) in [5.41, 5.74) is 9.01. The van der Waals surface area contributed by atoms with Gasteiger partial charge in [-0.15, -0.1) is 0 Å². The molecule has 0 aliphatic carbocycles. The third-order valence-corrected chi connectivity index (χ3v) is 10.7. The largest absolute Gasteiger partial charge is 0.455 e. The third kappa shape index (κ3) is 5.34. The van der Waals surface area contributed by atoms with E-state index in [4.69, 9.17) is 19.4 Å². The zero-order valence-electron chi connectivity index (χ0n) is 29.6. The smallest absolute Gasteiger partial charge is 0.164 e. The molecule has 4 heteroatoms. The van der Waals surface area contributed by atoms with Gasteiger partial charge in [-0.2, -0.15) is 0 Å². The topological polar surface area (TPSA) is 51.8 Å². The minimum Gasteiger partial charge on any atom is -0.455 e. The van der Waals surface area contributed by atoms with Crippen molar-refractivity contribution >= 4 is 54.3 Å². The fourth-order valence-electron chi connectivity index (χ4n) is 7.95. The van der Waals surface area contributed by atoms with E-state index in [0.29, 0.717) is 17.5 Å². The molecule has 11 aromatic rings. The number of hydrogen-bond acceptors (Lipinski definition) is 4. The summed E-state index contributed by atoms with van der Waals surface area (Å²) in [6.07, 6.45) is 0. The Hall–Kier alpha value is -7.43. The van der Waals surface area contributed by atoms with Crippen molar-refractivity contribution in [3.63, 3.8) is 0 Å². The lowest BCUT2D eigenvalue weighted by atomic mass is 9.96. The van der Waals surface area contributed by atoms with Gasteiger partial charge in [0.1, 0.15) is 11.2 Å². The number of nitrogens with zero attached hydrogens (tertiary/aromatic N) is 3. The van der Waals surface area contributed by atoms with Gasteiger partial charge in [-0.05, 0) is 73.5 Å². The van der Waals surface area contributed by atoms with E-state index in [0.717, 1.165) is 71.5 Å². The Labute approximate surface area is 317 Å². The second-order valence-electron chi connectivity index (χ2n) is 14.0. The van der Waals surface area contributed by atoms with Gasteiger partial charge in [-0.3, -0.25) is 0 Å². The number of furan rings is 1. The first-order chi connectivity index (χ1) is 27.2. The molecule has 0 amide bonds. The predicted octanol–water partition coefficient (Wildman–Crippen LogP) is 13.6. The second kappa shape index (κ2) is 12.6. The first-order valence-corrected chi connectivity index (χ1v) is 18.5. The predicted molar refractivity (Wildman–Crippen MR) is 227 cm³/mol. The van der Waals surface area contributed by atoms with Crippen LogP contribution in [0.5, 0.6) is 0 Å². The standard InChI is InChI=1S/C51H31N3O/c1-2-11-32(12-3-1)38-26-27-39-31-45(47-43-18-8-9-20-46(43)55-48(47)44(39)30-38)51-53-49(52-50(54-51)40-28-21-33-13-4-5-15-37(33)29-40)36-24-22-35(23-25-36)42-19-10-16-34-14-6-7-17-41(34)42/h1-31H. The number of fused-ring (bicyclic) bond motifs is 7. The summed E-state index contributed by atoms with van der Waals surface area (Å²) in [6.45, 7) is 0. The SMILES string of the molecule is c1ccc(-c2ccc3cc(-c4nc(-c5ccc(-c6cccc7ccccc67)cc5)nc(-c5ccc6ccccc6c5)n4)c4c5ccccc5oc4c3c2)cc1. The summed E-state index contributed by atoms with van der Waals surface area (Å²) in [5.74, 6) is 1.82. The van der Waals surface area contributed by atoms with Crippen LogP contribution in [0, 0.1) is 0 Å². The fourth-order valence-corrected chi connectivity index (χ4v) is 7.95. The highest BCUT2D eigenvalue weighted by Crippen LogP contribution is 2.42. The van der Waals surface area contributed by atoms with Crippen LogP contribution in [0.3, 0.4) is 0 Å². The Morgan fingerprint density at radius 1 is 0.309 bits per heavy atom. The summed E-state index contributed by atoms with van der Waals surface area (Å²) < 4.78 is 6.71. The van der Waals surface area contributed by atoms with Crippen LogP contribution in [0.2, 0.25) is 0 Å². The van der Waals surface area contributed by atoms with Crippen molar-refractivity contribution in [1.82, 2.24) is 15.0 Å². The van der Waals surface area contributed by atoms with Gasteiger partial charge in [0.05, 0.1) is 0 Å². The van der Waals surface area contributed by atoms with Crippen LogP contribution in [-0.2, 0) is 0 Å². The first kappa shape index (κ1) is 31.1. The highest BCUT2D eigenvalue weighted by Gasteiger charge is 2.21. The molecule has 0 bridgehead atoms. The molecule has 256 valence electrons. The summed E-state index contributed by atoms with van der Waals surface area (Å²) in [7, 11) is 0. The number of aromatic nitrogens is 3. The molecule has 0 N–H and O–H groups in total. The molecule has 0 saturated heterocycles. The van der Waals surface area contributed by atoms with Gasteiger partial charge in [0.2, 0.25) is 0 Å². The molecule has 55 heavy (non-hydrogen) atoms. The lowest BCUT2D eigenvalue weighted by Gasteiger charge is -2.12. The van der Waals surface area contributed by atoms with Gasteiger partial charge >= 0.3 is 0 Å². The maximum atomic E-state index is 6.71. The molecule has 0 spiro atoms. The van der Waals surface area contributed by atoms with Gasteiger partial charge in [-0.25, -0.2) is 15.0 Å². The van der Waals surface area contributed by atoms with Crippen LogP contribution >= 0.6 is 0 Å². The van der Waals surface area contributed by atoms with Crippen LogP contribution in [0.25, 0.3) is 111 Å². The molecule has 4 nitrogen and oxygen atoms in total. The zero-order chi connectivity index (χ0) is 36.3. The van der Waals surface area contributed by atoms with E-state index in [1.54, 1.807) is 0 Å². The quantitative estimate of drug-likeness (QED) is 0.179. The Kier molecular flexibility index (Phi) is 7.14. The molecular weight excluding hydrogens is 671 g/mol. The van der Waals surface area contributed by atoms with Crippen molar-refractivity contribution < 1.29 is 4.42 Å². The summed E-state index contributed by atoms with van der Waals surface area (Å²) in [5, 5.41) is 8.85. The summed E-state index contributed by atoms with van der Waals surface area (Å²) in [4.78, 5) is 15.7. The van der Waals surface area contributed by atoms with Gasteiger partial charge in [0.25, 0.3) is 0 Å². The van der Waals surface area contributed by atoms with Crippen molar-refractivity contribution in [2.24, 2.45) is 0 Å². The Bertz CT molecular complexity index is 3250. The number of hydrogen-bond donors (Lipinski definition) is 0. The van der Waals surface area contributed by atoms with E-state index in [1.165, 1.54) is 21.7 Å². The zero-order valence-corrected chi connectivity index (χ0v) is 29.6. The number of benzene rings is 9. The lowest BCUT2D eigenvalue weighted by Crippen LogP contribution is -2.01. The van der Waals surface area contributed by atoms with Crippen molar-refractivity contribution in [3.05, 3.63) is 188 Å². The molecule has 0 fully saturated rings. The number of rotatable bonds is 5. The minimum absolute atomic E-state index is 0.594. The first-order valence-electron chi connectivity index (χ1n) is 18.5. The Balaban J connectivity index is 1.14. The van der Waals surface area contributed by atoms with Crippen LogP contribution < -0.4 is 0 Å². The van der Waals surface area contributed by atoms with Crippen LogP contribution in [-0.4, -0.2) is 15.0 Å². The molecular formula is C51H31N3O. The van der Waals surface area contributed by atoms with Crippen LogP contribution in [0.4, 0.5) is 0 Å². The lowest BCUT2D eigenvalue weighted by molar-refractivity contribution is 0.672. The molecule has 9 aromatic carbocycles. The van der Waals surface area contributed by atoms with E-state index in [2.05, 4.69) is 170 Å². The van der Waals surface area contributed by atoms with Crippen molar-refractivity contribution in [2.45, 2.75) is 0 Å². The normalized spacial score (nSPS) is 11.6. The highest BCUT2D eigenvalue weighted by molar-refractivity contribution is 6.21. The molecule has 11 rings (SSSR count). The van der Waals surface area contributed by atoms with Gasteiger partial charge in [-0.1, -0.05) is 164 Å². The van der Waals surface area contributed by atoms with Crippen molar-refractivity contribution in [1.29, 1.82) is 0 Å². The van der Waals surface area contributed by atoms with Crippen LogP contribution in [0.1, 0.15) is 0 Å². The van der Waals surface area contributed by atoms with Crippen molar-refractivity contribution in [2.75, 3.05) is 0 Å². The Morgan fingerprint density at radius 3 is 1.78 bits per heavy atom. The number of para-hydroxylation sites is 1. The molecule has 0 atom stereocenters. The average Bonchev–Trinajstić information content (AvgIpc) is 3.66. The molecule has 0 aliphatic rings. The fraction of sp³-hybridized carbons (Fsp3) is 0. The molecule has 0 saturated carbocycles. The Morgan fingerprint density at radius 2 is 0.927 bits per heavy atom. The molecule has 2 heterocycles. The van der Waals surface area contributed by atoms with E-state index in [1.807, 2.05) is 18.2 Å². The monoisotopic (exact) mass is 701 g/mol. The molecule has 0 radical (unpaired) electrons. The maximum absolute atomic E-state index is 6.71. The van der Waals surface area contributed by atoms with Gasteiger partial charge in [0.15, 0.2) is 17.5 Å². The molecule has 2 aromatic heterocycles. The van der Waals surface area contributed by atoms with Crippen LogP contribution in [0.15, 0.2) is 192 Å². The molecule has 0 aliphatic heterocycles. The minimum atomic E-state index is 0.594. The van der Waals surface area contributed by atoms with E-state index < -0.39 is 0 Å². The average molecular weight is 702 g/mol.